The van der Waals surface area contributed by atoms with E-state index in [0.717, 1.165) is 28.1 Å². The van der Waals surface area contributed by atoms with Crippen LogP contribution in [-0.4, -0.2) is 104 Å². The number of halogens is 1. The molecule has 0 radical (unpaired) electrons. The molecule has 61 heavy (non-hydrogen) atoms. The molecule has 4 aromatic rings. The minimum atomic E-state index is -0.611. The number of nitrogens with zero attached hydrogens (tertiary/aromatic N) is 4. The van der Waals surface area contributed by atoms with Crippen LogP contribution in [-0.2, 0) is 16.1 Å². The Labute approximate surface area is 362 Å². The highest BCUT2D eigenvalue weighted by molar-refractivity contribution is 6.31. The topological polar surface area (TPSA) is 155 Å². The van der Waals surface area contributed by atoms with E-state index in [1.165, 1.54) is 0 Å². The fourth-order valence-electron chi connectivity index (χ4n) is 7.60. The van der Waals surface area contributed by atoms with Crippen LogP contribution in [0.15, 0.2) is 85.1 Å². The van der Waals surface area contributed by atoms with Crippen LogP contribution >= 0.6 is 11.6 Å². The highest BCUT2D eigenvalue weighted by Gasteiger charge is 2.34. The second-order valence-electron chi connectivity index (χ2n) is 16.0. The lowest BCUT2D eigenvalue weighted by molar-refractivity contribution is 0.0508. The van der Waals surface area contributed by atoms with Crippen molar-refractivity contribution in [2.45, 2.75) is 71.8 Å². The van der Waals surface area contributed by atoms with E-state index in [4.69, 9.17) is 25.8 Å². The monoisotopic (exact) mass is 853 g/mol. The molecule has 0 bridgehead atoms. The molecule has 3 aromatic carbocycles. The fourth-order valence-corrected chi connectivity index (χ4v) is 7.77. The first-order valence-corrected chi connectivity index (χ1v) is 21.3. The SMILES string of the molecule is CCOc1ncccc1-c1ccc(N2CCN(C(=O)c3ccc(Cl)cc3N3CC[C@H](NC(=O)OC(C)(C)C)C3)C[C@H]2CC)c(C(=O)NCCNC(=O)OCc2ccccc2)c1. The van der Waals surface area contributed by atoms with Gasteiger partial charge in [0.2, 0.25) is 5.88 Å². The molecule has 0 aliphatic carbocycles. The van der Waals surface area contributed by atoms with E-state index >= 15 is 0 Å². The summed E-state index contributed by atoms with van der Waals surface area (Å²) in [5.41, 5.74) is 4.19. The molecule has 4 amide bonds. The van der Waals surface area contributed by atoms with Crippen molar-refractivity contribution in [1.82, 2.24) is 25.8 Å². The minimum Gasteiger partial charge on any atom is -0.478 e. The Kier molecular flexibility index (Phi) is 15.0. The van der Waals surface area contributed by atoms with Gasteiger partial charge in [-0.2, -0.15) is 0 Å². The van der Waals surface area contributed by atoms with Gasteiger partial charge in [0.25, 0.3) is 11.8 Å². The molecule has 2 fully saturated rings. The average molecular weight is 854 g/mol. The molecule has 3 heterocycles. The molecule has 2 aliphatic heterocycles. The van der Waals surface area contributed by atoms with Gasteiger partial charge in [0.15, 0.2) is 0 Å². The lowest BCUT2D eigenvalue weighted by atomic mass is 9.99. The van der Waals surface area contributed by atoms with Crippen LogP contribution in [0.3, 0.4) is 0 Å². The minimum absolute atomic E-state index is 0.113. The maximum Gasteiger partial charge on any atom is 0.407 e. The number of hydrogen-bond donors (Lipinski definition) is 3. The summed E-state index contributed by atoms with van der Waals surface area (Å²) >= 11 is 6.50. The first-order chi connectivity index (χ1) is 29.3. The molecule has 324 valence electrons. The second-order valence-corrected chi connectivity index (χ2v) is 16.4. The van der Waals surface area contributed by atoms with E-state index in [1.807, 2.05) is 99.3 Å². The van der Waals surface area contributed by atoms with Gasteiger partial charge in [-0.25, -0.2) is 14.6 Å². The zero-order valence-electron chi connectivity index (χ0n) is 35.5. The van der Waals surface area contributed by atoms with Gasteiger partial charge in [0.1, 0.15) is 12.2 Å². The molecule has 14 nitrogen and oxygen atoms in total. The number of anilines is 2. The molecule has 6 rings (SSSR count). The van der Waals surface area contributed by atoms with E-state index in [-0.39, 0.29) is 43.6 Å². The summed E-state index contributed by atoms with van der Waals surface area (Å²) in [6, 6.07) is 23.9. The molecule has 0 spiro atoms. The van der Waals surface area contributed by atoms with Crippen molar-refractivity contribution in [2.75, 3.05) is 62.2 Å². The summed E-state index contributed by atoms with van der Waals surface area (Å²) < 4.78 is 16.6. The smallest absolute Gasteiger partial charge is 0.407 e. The van der Waals surface area contributed by atoms with Gasteiger partial charge >= 0.3 is 12.2 Å². The van der Waals surface area contributed by atoms with Crippen molar-refractivity contribution in [2.24, 2.45) is 0 Å². The molecule has 1 aromatic heterocycles. The molecule has 15 heteroatoms. The van der Waals surface area contributed by atoms with Crippen molar-refractivity contribution in [3.63, 3.8) is 0 Å². The number of rotatable bonds is 14. The normalized spacial score (nSPS) is 16.5. The first-order valence-electron chi connectivity index (χ1n) is 20.9. The van der Waals surface area contributed by atoms with Crippen molar-refractivity contribution in [3.05, 3.63) is 107 Å². The van der Waals surface area contributed by atoms with E-state index in [9.17, 15) is 19.2 Å². The number of ether oxygens (including phenoxy) is 3. The number of hydrogen-bond acceptors (Lipinski definition) is 10. The Bertz CT molecular complexity index is 2170. The molecule has 0 unspecified atom stereocenters. The van der Waals surface area contributed by atoms with Crippen LogP contribution in [0, 0.1) is 0 Å². The van der Waals surface area contributed by atoms with Crippen LogP contribution in [0.25, 0.3) is 11.1 Å². The number of amides is 4. The van der Waals surface area contributed by atoms with Crippen molar-refractivity contribution < 1.29 is 33.4 Å². The molecular formula is C46H56ClN7O7. The predicted octanol–water partition coefficient (Wildman–Crippen LogP) is 7.30. The fraction of sp³-hybridized carbons (Fsp3) is 0.413. The summed E-state index contributed by atoms with van der Waals surface area (Å²) in [5, 5.41) is 9.15. The van der Waals surface area contributed by atoms with Crippen LogP contribution in [0.2, 0.25) is 5.02 Å². The molecule has 2 saturated heterocycles. The van der Waals surface area contributed by atoms with Crippen LogP contribution in [0.4, 0.5) is 21.0 Å². The zero-order valence-corrected chi connectivity index (χ0v) is 36.3. The Balaban J connectivity index is 1.17. The lowest BCUT2D eigenvalue weighted by Gasteiger charge is -2.43. The largest absolute Gasteiger partial charge is 0.478 e. The van der Waals surface area contributed by atoms with Crippen molar-refractivity contribution in [1.29, 1.82) is 0 Å². The molecule has 3 N–H and O–H groups in total. The van der Waals surface area contributed by atoms with Crippen molar-refractivity contribution >= 4 is 47.0 Å². The highest BCUT2D eigenvalue weighted by atomic mass is 35.5. The highest BCUT2D eigenvalue weighted by Crippen LogP contribution is 2.35. The number of alkyl carbamates (subject to hydrolysis) is 2. The summed E-state index contributed by atoms with van der Waals surface area (Å²) in [7, 11) is 0. The number of carbonyl (C=O) groups excluding carboxylic acids is 4. The first kappa shape index (κ1) is 44.5. The third-order valence-electron chi connectivity index (χ3n) is 10.5. The molecule has 0 saturated carbocycles. The summed E-state index contributed by atoms with van der Waals surface area (Å²) in [6.07, 6.45) is 2.01. The van der Waals surface area contributed by atoms with Gasteiger partial charge in [0.05, 0.1) is 29.5 Å². The third-order valence-corrected chi connectivity index (χ3v) is 10.7. The van der Waals surface area contributed by atoms with Crippen LogP contribution < -0.4 is 30.5 Å². The third kappa shape index (κ3) is 11.8. The Morgan fingerprint density at radius 3 is 2.38 bits per heavy atom. The van der Waals surface area contributed by atoms with Gasteiger partial charge in [-0.05, 0) is 94.1 Å². The summed E-state index contributed by atoms with van der Waals surface area (Å²) in [4.78, 5) is 64.0. The van der Waals surface area contributed by atoms with E-state index in [2.05, 4.69) is 37.7 Å². The van der Waals surface area contributed by atoms with Gasteiger partial charge in [-0.1, -0.05) is 54.9 Å². The number of benzene rings is 3. The van der Waals surface area contributed by atoms with Gasteiger partial charge in [0, 0.05) is 74.3 Å². The van der Waals surface area contributed by atoms with E-state index < -0.39 is 17.8 Å². The zero-order chi connectivity index (χ0) is 43.5. The Hall–Kier alpha value is -6.02. The molecule has 2 atom stereocenters. The molecular weight excluding hydrogens is 798 g/mol. The standard InChI is InChI=1S/C46H56ClN7O7/c1-6-35-29-53(43(56)37-17-16-33(47)27-40(37)52-23-19-34(28-52)51-45(58)61-46(3,4)5)24-25-54(35)39-18-15-32(36-14-11-20-49-42(36)59-7-2)26-38(39)41(55)48-21-22-50-44(57)60-30-31-12-9-8-10-13-31/h8-18,20,26-27,34-35H,6-7,19,21-25,28-30H2,1-5H3,(H,48,55)(H,50,57)(H,51,58)/t34-,35+/m0/s1. The Morgan fingerprint density at radius 1 is 0.836 bits per heavy atom. The van der Waals surface area contributed by atoms with E-state index in [1.54, 1.807) is 18.3 Å². The van der Waals surface area contributed by atoms with Crippen LogP contribution in [0.1, 0.15) is 73.7 Å². The quantitative estimate of drug-likeness (QED) is 0.110. The summed E-state index contributed by atoms with van der Waals surface area (Å²) in [6.45, 7) is 12.8. The van der Waals surface area contributed by atoms with Gasteiger partial charge < -0.3 is 44.9 Å². The van der Waals surface area contributed by atoms with E-state index in [0.29, 0.717) is 74.2 Å². The van der Waals surface area contributed by atoms with Crippen LogP contribution in [0.5, 0.6) is 5.88 Å². The Morgan fingerprint density at radius 2 is 1.62 bits per heavy atom. The maximum absolute atomic E-state index is 14.4. The number of nitrogens with one attached hydrogen (secondary N) is 3. The second kappa shape index (κ2) is 20.5. The van der Waals surface area contributed by atoms with Gasteiger partial charge in [-0.15, -0.1) is 0 Å². The summed E-state index contributed by atoms with van der Waals surface area (Å²) in [5.74, 6) is 0.0325. The number of piperazine rings is 1. The number of aromatic nitrogens is 1. The number of carbonyl (C=O) groups is 4. The lowest BCUT2D eigenvalue weighted by Crippen LogP contribution is -2.55. The average Bonchev–Trinajstić information content (AvgIpc) is 3.71. The van der Waals surface area contributed by atoms with Gasteiger partial charge in [-0.3, -0.25) is 9.59 Å². The maximum atomic E-state index is 14.4. The predicted molar refractivity (Wildman–Crippen MR) is 237 cm³/mol. The van der Waals surface area contributed by atoms with Crippen molar-refractivity contribution in [3.8, 4) is 17.0 Å². The molecule has 2 aliphatic rings. The number of pyridine rings is 1.